The molecule has 0 aliphatic heterocycles. The normalized spacial score (nSPS) is 12.6. The number of alkyl halides is 1. The predicted molar refractivity (Wildman–Crippen MR) is 89.6 cm³/mol. The average molecular weight is 366 g/mol. The van der Waals surface area contributed by atoms with E-state index in [4.69, 9.17) is 0 Å². The number of unbranched alkanes of at least 4 members (excludes halogenated alkanes) is 11. The van der Waals surface area contributed by atoms with Gasteiger partial charge in [0.25, 0.3) is 0 Å². The Balaban J connectivity index is 2.96. The molecular weight excluding hydrogens is 335 g/mol. The second kappa shape index (κ2) is 15.5. The highest BCUT2D eigenvalue weighted by atomic mass is 127. The molecule has 0 rings (SSSR count). The van der Waals surface area contributed by atoms with E-state index in [2.05, 4.69) is 29.5 Å². The maximum absolute atomic E-state index is 10.4. The topological polar surface area (TPSA) is 17.1 Å². The molecule has 0 saturated carbocycles. The first kappa shape index (κ1) is 18.4. The maximum Gasteiger partial charge on any atom is 0.132 e. The molecule has 0 aliphatic rings. The van der Waals surface area contributed by atoms with Crippen molar-refractivity contribution in [2.45, 2.75) is 94.3 Å². The average Bonchev–Trinajstić information content (AvgIpc) is 2.39. The number of carbonyl (C=O) groups is 1. The van der Waals surface area contributed by atoms with Crippen LogP contribution in [0.1, 0.15) is 90.4 Å². The minimum atomic E-state index is 0.241. The van der Waals surface area contributed by atoms with Crippen molar-refractivity contribution in [3.63, 3.8) is 0 Å². The SMILES string of the molecule is CCCCCCCCCCCCCC[C@@H](I)C=O. The molecule has 108 valence electrons. The quantitative estimate of drug-likeness (QED) is 0.158. The molecule has 1 nitrogen and oxygen atoms in total. The van der Waals surface area contributed by atoms with Gasteiger partial charge in [0.05, 0.1) is 3.92 Å². The Morgan fingerprint density at radius 3 is 1.56 bits per heavy atom. The number of halogens is 1. The fourth-order valence-corrected chi connectivity index (χ4v) is 2.69. The zero-order valence-electron chi connectivity index (χ0n) is 12.1. The van der Waals surface area contributed by atoms with Crippen LogP contribution in [0.25, 0.3) is 0 Å². The number of aldehydes is 1. The molecule has 0 spiro atoms. The van der Waals surface area contributed by atoms with E-state index in [0.717, 1.165) is 12.7 Å². The summed E-state index contributed by atoms with van der Waals surface area (Å²) < 4.78 is 0.241. The molecule has 0 N–H and O–H groups in total. The highest BCUT2D eigenvalue weighted by Crippen LogP contribution is 2.14. The Labute approximate surface area is 128 Å². The lowest BCUT2D eigenvalue weighted by atomic mass is 10.0. The Hall–Kier alpha value is 0.400. The van der Waals surface area contributed by atoms with Gasteiger partial charge in [-0.2, -0.15) is 0 Å². The monoisotopic (exact) mass is 366 g/mol. The summed E-state index contributed by atoms with van der Waals surface area (Å²) in [6, 6.07) is 0. The van der Waals surface area contributed by atoms with Gasteiger partial charge in [-0.05, 0) is 6.42 Å². The van der Waals surface area contributed by atoms with Crippen molar-refractivity contribution in [3.05, 3.63) is 0 Å². The van der Waals surface area contributed by atoms with E-state index in [0.29, 0.717) is 0 Å². The van der Waals surface area contributed by atoms with Crippen molar-refractivity contribution in [2.24, 2.45) is 0 Å². The molecule has 18 heavy (non-hydrogen) atoms. The smallest absolute Gasteiger partial charge is 0.132 e. The van der Waals surface area contributed by atoms with E-state index in [9.17, 15) is 4.79 Å². The maximum atomic E-state index is 10.4. The summed E-state index contributed by atoms with van der Waals surface area (Å²) in [5, 5.41) is 0. The number of hydrogen-bond donors (Lipinski definition) is 0. The predicted octanol–water partition coefficient (Wildman–Crippen LogP) is 6.08. The van der Waals surface area contributed by atoms with Gasteiger partial charge in [-0.25, -0.2) is 0 Å². The van der Waals surface area contributed by atoms with E-state index in [1.54, 1.807) is 0 Å². The molecule has 0 saturated heterocycles. The van der Waals surface area contributed by atoms with Crippen LogP contribution in [0.3, 0.4) is 0 Å². The molecule has 0 heterocycles. The standard InChI is InChI=1S/C16H31IO/c1-2-3-4-5-6-7-8-9-10-11-12-13-14-16(17)15-18/h15-16H,2-14H2,1H3/t16-/m1/s1. The number of hydrogen-bond acceptors (Lipinski definition) is 1. The summed E-state index contributed by atoms with van der Waals surface area (Å²) in [6.07, 6.45) is 18.8. The third kappa shape index (κ3) is 14.5. The summed E-state index contributed by atoms with van der Waals surface area (Å²) in [5.41, 5.74) is 0. The van der Waals surface area contributed by atoms with Crippen molar-refractivity contribution >= 4 is 28.9 Å². The minimum absolute atomic E-state index is 0.241. The van der Waals surface area contributed by atoms with Gasteiger partial charge in [-0.15, -0.1) is 0 Å². The number of carbonyl (C=O) groups excluding carboxylic acids is 1. The zero-order valence-corrected chi connectivity index (χ0v) is 14.3. The second-order valence-corrected chi connectivity index (χ2v) is 6.93. The second-order valence-electron chi connectivity index (χ2n) is 5.33. The fourth-order valence-electron chi connectivity index (χ4n) is 2.25. The van der Waals surface area contributed by atoms with Crippen LogP contribution in [0.15, 0.2) is 0 Å². The van der Waals surface area contributed by atoms with Crippen LogP contribution in [0.5, 0.6) is 0 Å². The van der Waals surface area contributed by atoms with Crippen LogP contribution in [-0.2, 0) is 4.79 Å². The lowest BCUT2D eigenvalue weighted by molar-refractivity contribution is -0.107. The van der Waals surface area contributed by atoms with E-state index < -0.39 is 0 Å². The molecule has 0 aromatic heterocycles. The van der Waals surface area contributed by atoms with Gasteiger partial charge in [0.1, 0.15) is 6.29 Å². The van der Waals surface area contributed by atoms with Crippen LogP contribution in [0.4, 0.5) is 0 Å². The Kier molecular flexibility index (Phi) is 15.8. The molecule has 0 aromatic rings. The van der Waals surface area contributed by atoms with Crippen LogP contribution in [-0.4, -0.2) is 10.2 Å². The largest absolute Gasteiger partial charge is 0.302 e. The van der Waals surface area contributed by atoms with Gasteiger partial charge in [0, 0.05) is 0 Å². The summed E-state index contributed by atoms with van der Waals surface area (Å²) in [4.78, 5) is 10.4. The van der Waals surface area contributed by atoms with Crippen LogP contribution in [0, 0.1) is 0 Å². The lowest BCUT2D eigenvalue weighted by Gasteiger charge is -2.03. The Bertz CT molecular complexity index is 170. The third-order valence-electron chi connectivity index (χ3n) is 3.48. The Morgan fingerprint density at radius 2 is 1.17 bits per heavy atom. The van der Waals surface area contributed by atoms with Gasteiger partial charge in [-0.3, -0.25) is 0 Å². The molecule has 0 radical (unpaired) electrons. The molecule has 0 bridgehead atoms. The van der Waals surface area contributed by atoms with Crippen molar-refractivity contribution in [1.29, 1.82) is 0 Å². The molecule has 0 amide bonds. The lowest BCUT2D eigenvalue weighted by Crippen LogP contribution is -1.97. The molecule has 0 unspecified atom stereocenters. The van der Waals surface area contributed by atoms with Crippen molar-refractivity contribution in [3.8, 4) is 0 Å². The fraction of sp³-hybridized carbons (Fsp3) is 0.938. The molecule has 0 fully saturated rings. The first-order valence-electron chi connectivity index (χ1n) is 7.90. The van der Waals surface area contributed by atoms with Crippen molar-refractivity contribution in [2.75, 3.05) is 0 Å². The van der Waals surface area contributed by atoms with Gasteiger partial charge in [0.2, 0.25) is 0 Å². The summed E-state index contributed by atoms with van der Waals surface area (Å²) >= 11 is 2.23. The van der Waals surface area contributed by atoms with Crippen molar-refractivity contribution < 1.29 is 4.79 Å². The van der Waals surface area contributed by atoms with E-state index in [-0.39, 0.29) is 3.92 Å². The van der Waals surface area contributed by atoms with E-state index in [1.807, 2.05) is 0 Å². The van der Waals surface area contributed by atoms with Crippen LogP contribution in [0.2, 0.25) is 0 Å². The van der Waals surface area contributed by atoms with Crippen molar-refractivity contribution in [1.82, 2.24) is 0 Å². The Morgan fingerprint density at radius 1 is 0.778 bits per heavy atom. The molecule has 0 aromatic carbocycles. The summed E-state index contributed by atoms with van der Waals surface area (Å²) in [5.74, 6) is 0. The minimum Gasteiger partial charge on any atom is -0.302 e. The van der Waals surface area contributed by atoms with Crippen LogP contribution >= 0.6 is 22.6 Å². The highest BCUT2D eigenvalue weighted by Gasteiger charge is 2.00. The summed E-state index contributed by atoms with van der Waals surface area (Å²) in [7, 11) is 0. The third-order valence-corrected chi connectivity index (χ3v) is 4.40. The van der Waals surface area contributed by atoms with E-state index in [1.165, 1.54) is 77.0 Å². The van der Waals surface area contributed by atoms with Gasteiger partial charge in [0.15, 0.2) is 0 Å². The van der Waals surface area contributed by atoms with E-state index >= 15 is 0 Å². The summed E-state index contributed by atoms with van der Waals surface area (Å²) in [6.45, 7) is 2.27. The van der Waals surface area contributed by atoms with Gasteiger partial charge in [-0.1, -0.05) is 107 Å². The first-order valence-corrected chi connectivity index (χ1v) is 9.15. The molecule has 2 heteroatoms. The van der Waals surface area contributed by atoms with Crippen LogP contribution < -0.4 is 0 Å². The van der Waals surface area contributed by atoms with Gasteiger partial charge >= 0.3 is 0 Å². The molecular formula is C16H31IO. The first-order chi connectivity index (χ1) is 8.81. The zero-order chi connectivity index (χ0) is 13.5. The van der Waals surface area contributed by atoms with Gasteiger partial charge < -0.3 is 4.79 Å². The molecule has 0 aliphatic carbocycles. The highest BCUT2D eigenvalue weighted by molar-refractivity contribution is 14.1. The number of rotatable bonds is 14. The molecule has 1 atom stereocenters.